The summed E-state index contributed by atoms with van der Waals surface area (Å²) < 4.78 is 36.2. The lowest BCUT2D eigenvalue weighted by Crippen LogP contribution is -2.69. The maximum absolute atomic E-state index is 15.6. The fourth-order valence-corrected chi connectivity index (χ4v) is 15.7. The topological polar surface area (TPSA) is 327 Å². The first-order valence-electron chi connectivity index (χ1n) is 26.9. The zero-order chi connectivity index (χ0) is 53.4. The minimum absolute atomic E-state index is 0.0375. The second-order valence-electron chi connectivity index (χ2n) is 25.0. The molecule has 7 fully saturated rings. The molecule has 24 atom stereocenters. The molecule has 8 aliphatic rings. The molecule has 3 aliphatic heterocycles. The second-order valence-corrected chi connectivity index (χ2v) is 25.0. The fraction of sp³-hybridized carbons (Fsp3) is 0.906. The lowest BCUT2D eigenvalue weighted by Gasteiger charge is -2.71. The second kappa shape index (κ2) is 21.2. The van der Waals surface area contributed by atoms with Crippen molar-refractivity contribution in [1.82, 2.24) is 5.32 Å². The van der Waals surface area contributed by atoms with Crippen LogP contribution in [0.15, 0.2) is 11.6 Å². The van der Waals surface area contributed by atoms with E-state index in [0.29, 0.717) is 51.5 Å². The van der Waals surface area contributed by atoms with Crippen LogP contribution in [0, 0.1) is 50.2 Å². The molecule has 3 heterocycles. The van der Waals surface area contributed by atoms with E-state index in [1.165, 1.54) is 6.92 Å². The van der Waals surface area contributed by atoms with E-state index in [1.54, 1.807) is 0 Å². The quantitative estimate of drug-likeness (QED) is 0.0491. The van der Waals surface area contributed by atoms with Crippen LogP contribution in [0.3, 0.4) is 0 Å². The molecule has 0 aromatic heterocycles. The third kappa shape index (κ3) is 9.59. The number of rotatable bonds is 14. The normalized spacial score (nSPS) is 50.5. The van der Waals surface area contributed by atoms with Gasteiger partial charge in [-0.05, 0) is 124 Å². The number of carbonyl (C=O) groups excluding carboxylic acids is 3. The maximum atomic E-state index is 15.6. The zero-order valence-corrected chi connectivity index (χ0v) is 43.7. The van der Waals surface area contributed by atoms with Crippen LogP contribution in [0.5, 0.6) is 0 Å². The van der Waals surface area contributed by atoms with Gasteiger partial charge in [-0.2, -0.15) is 0 Å². The summed E-state index contributed by atoms with van der Waals surface area (Å²) in [7, 11) is 0. The number of nitrogens with one attached hydrogen (secondary N) is 1. The minimum atomic E-state index is -1.93. The molecule has 5 aliphatic carbocycles. The molecular formula is C53H86N2O18. The lowest BCUT2D eigenvalue weighted by molar-refractivity contribution is -0.370. The average Bonchev–Trinajstić information content (AvgIpc) is 3.33. The van der Waals surface area contributed by atoms with Gasteiger partial charge in [-0.15, -0.1) is 0 Å². The maximum Gasteiger partial charge on any atom is 0.317 e. The van der Waals surface area contributed by atoms with E-state index in [9.17, 15) is 55.5 Å². The Morgan fingerprint density at radius 2 is 1.48 bits per heavy atom. The van der Waals surface area contributed by atoms with Crippen molar-refractivity contribution in [1.29, 1.82) is 0 Å². The largest absolute Gasteiger partial charge is 0.432 e. The van der Waals surface area contributed by atoms with Crippen molar-refractivity contribution in [2.24, 2.45) is 56.0 Å². The number of aliphatic hydroxyl groups is 9. The predicted molar refractivity (Wildman–Crippen MR) is 258 cm³/mol. The van der Waals surface area contributed by atoms with Crippen molar-refractivity contribution in [3.8, 4) is 0 Å². The van der Waals surface area contributed by atoms with Gasteiger partial charge in [-0.25, -0.2) is 0 Å². The highest BCUT2D eigenvalue weighted by Gasteiger charge is 2.72. The SMILES string of the molecule is C[C@H]1O[C@@H](OC2C(O)[C@@H](NC(=O)CCCCCN)[C@@H](CO)O[C@H]2OC(=O)[C@]23CCC(C)(C)CC2C2=CCC4C5(C)CC[C@H](O)[C@](C)(C=O)C5CC[C@@]4(C)[C@]2(C)C[C@H]3O)C(O)C(O)[C@H]1O[C@@H]1OC[C@@H](O)C(O)C1O. The third-order valence-electron chi connectivity index (χ3n) is 20.3. The number of hydrogen-bond donors (Lipinski definition) is 11. The van der Waals surface area contributed by atoms with Crippen LogP contribution in [0.1, 0.15) is 132 Å². The first-order chi connectivity index (χ1) is 34.3. The molecule has 4 saturated carbocycles. The fourth-order valence-electron chi connectivity index (χ4n) is 15.7. The van der Waals surface area contributed by atoms with E-state index in [1.807, 2.05) is 6.92 Å². The lowest BCUT2D eigenvalue weighted by atomic mass is 9.33. The van der Waals surface area contributed by atoms with Crippen molar-refractivity contribution < 1.29 is 88.8 Å². The summed E-state index contributed by atoms with van der Waals surface area (Å²) in [5.74, 6) is -1.72. The molecule has 20 nitrogen and oxygen atoms in total. The number of hydrogen-bond acceptors (Lipinski definition) is 19. The van der Waals surface area contributed by atoms with Gasteiger partial charge in [0.15, 0.2) is 18.7 Å². The Balaban J connectivity index is 1.10. The highest BCUT2D eigenvalue weighted by Crippen LogP contribution is 2.76. The van der Waals surface area contributed by atoms with Gasteiger partial charge in [0.25, 0.3) is 0 Å². The predicted octanol–water partition coefficient (Wildman–Crippen LogP) is 0.600. The molecule has 73 heavy (non-hydrogen) atoms. The molecule has 8 rings (SSSR count). The smallest absolute Gasteiger partial charge is 0.317 e. The van der Waals surface area contributed by atoms with Crippen LogP contribution in [0.2, 0.25) is 0 Å². The molecule has 3 saturated heterocycles. The molecule has 0 aromatic rings. The number of ether oxygens (including phenoxy) is 6. The Kier molecular flexibility index (Phi) is 16.5. The standard InChI is InChI=1S/C53H86N2O18/c1-26-42(71-44-40(65)37(62)29(58)24-68-44)39(64)41(66)45(69-26)72-43-38(63)36(55-35(61)11-9-8-10-20-54)30(23-56)70-46(43)73-47(67)53-19-18-48(2,3)21-28(53)27-12-13-32-49(4)16-15-33(59)50(5,25-57)31(49)14-17-51(32,6)52(27,7)22-34(53)60/h12,25-26,28-34,36-46,56,58-60,62-66H,8-11,13-24,54H2,1-7H3,(H,55,61)/t26-,28?,29-,30-,31?,32?,33+,34-,36+,37?,38?,39?,40?,41?,42+,43?,44+,45+,46+,49?,50-,51-,52-,53-/m1/s1. The van der Waals surface area contributed by atoms with Crippen LogP contribution in [-0.4, -0.2) is 182 Å². The number of fused-ring (bicyclic) bond motifs is 7. The van der Waals surface area contributed by atoms with E-state index in [2.05, 4.69) is 46.0 Å². The number of allylic oxidation sites excluding steroid dienone is 2. The number of carbonyl (C=O) groups is 3. The Morgan fingerprint density at radius 1 is 0.781 bits per heavy atom. The number of esters is 1. The van der Waals surface area contributed by atoms with Gasteiger partial charge in [0.1, 0.15) is 60.5 Å². The summed E-state index contributed by atoms with van der Waals surface area (Å²) in [5, 5.41) is 104. The van der Waals surface area contributed by atoms with E-state index in [-0.39, 0.29) is 47.3 Å². The molecule has 416 valence electrons. The molecule has 0 aromatic carbocycles. The number of unbranched alkanes of at least 4 members (excludes halogenated alkanes) is 2. The van der Waals surface area contributed by atoms with Crippen LogP contribution in [0.25, 0.3) is 0 Å². The Morgan fingerprint density at radius 3 is 2.16 bits per heavy atom. The third-order valence-corrected chi connectivity index (χ3v) is 20.3. The monoisotopic (exact) mass is 1040 g/mol. The van der Waals surface area contributed by atoms with Gasteiger partial charge in [0.2, 0.25) is 12.2 Å². The molecule has 12 N–H and O–H groups in total. The van der Waals surface area contributed by atoms with E-state index < -0.39 is 145 Å². The summed E-state index contributed by atoms with van der Waals surface area (Å²) in [4.78, 5) is 41.7. The van der Waals surface area contributed by atoms with E-state index in [0.717, 1.165) is 31.1 Å². The minimum Gasteiger partial charge on any atom is -0.432 e. The molecule has 10 unspecified atom stereocenters. The Bertz CT molecular complexity index is 2030. The number of aldehydes is 1. The first-order valence-corrected chi connectivity index (χ1v) is 26.9. The van der Waals surface area contributed by atoms with Gasteiger partial charge in [0.05, 0.1) is 43.0 Å². The molecule has 0 bridgehead atoms. The van der Waals surface area contributed by atoms with Gasteiger partial charge in [-0.1, -0.05) is 59.6 Å². The summed E-state index contributed by atoms with van der Waals surface area (Å²) in [6.45, 7) is 13.8. The molecule has 0 radical (unpaired) electrons. The summed E-state index contributed by atoms with van der Waals surface area (Å²) in [6, 6.07) is -1.34. The zero-order valence-electron chi connectivity index (χ0n) is 43.7. The first kappa shape index (κ1) is 56.9. The number of aliphatic hydroxyl groups excluding tert-OH is 9. The summed E-state index contributed by atoms with van der Waals surface area (Å²) in [6.07, 6.45) is -12.8. The Labute approximate surface area is 428 Å². The molecule has 20 heteroatoms. The van der Waals surface area contributed by atoms with Crippen molar-refractivity contribution in [2.45, 2.75) is 230 Å². The van der Waals surface area contributed by atoms with E-state index >= 15 is 4.79 Å². The highest BCUT2D eigenvalue weighted by molar-refractivity contribution is 5.80. The van der Waals surface area contributed by atoms with E-state index in [4.69, 9.17) is 34.2 Å². The van der Waals surface area contributed by atoms with Gasteiger partial charge in [0, 0.05) is 6.42 Å². The Hall–Kier alpha value is -2.25. The average molecular weight is 1040 g/mol. The van der Waals surface area contributed by atoms with Crippen LogP contribution < -0.4 is 11.1 Å². The van der Waals surface area contributed by atoms with Crippen molar-refractivity contribution >= 4 is 18.2 Å². The van der Waals surface area contributed by atoms with Crippen LogP contribution >= 0.6 is 0 Å². The highest BCUT2D eigenvalue weighted by atomic mass is 16.8. The molecular weight excluding hydrogens is 953 g/mol. The van der Waals surface area contributed by atoms with Gasteiger partial charge < -0.3 is 90.2 Å². The summed E-state index contributed by atoms with van der Waals surface area (Å²) >= 11 is 0. The molecule has 1 amide bonds. The summed E-state index contributed by atoms with van der Waals surface area (Å²) in [5.41, 5.74) is 2.84. The van der Waals surface area contributed by atoms with Crippen molar-refractivity contribution in [2.75, 3.05) is 19.8 Å². The van der Waals surface area contributed by atoms with Crippen LogP contribution in [-0.2, 0) is 42.8 Å². The van der Waals surface area contributed by atoms with Crippen LogP contribution in [0.4, 0.5) is 0 Å². The molecule has 0 spiro atoms. The number of nitrogens with two attached hydrogens (primary N) is 1. The van der Waals surface area contributed by atoms with Crippen molar-refractivity contribution in [3.05, 3.63) is 11.6 Å². The van der Waals surface area contributed by atoms with Crippen molar-refractivity contribution in [3.63, 3.8) is 0 Å². The van der Waals surface area contributed by atoms with Gasteiger partial charge in [-0.3, -0.25) is 9.59 Å². The van der Waals surface area contributed by atoms with Gasteiger partial charge >= 0.3 is 5.97 Å². The number of amides is 1.